The first-order chi connectivity index (χ1) is 7.31. The van der Waals surface area contributed by atoms with Crippen LogP contribution < -0.4 is 10.6 Å². The molecule has 0 radical (unpaired) electrons. The molecule has 0 fully saturated rings. The van der Waals surface area contributed by atoms with Gasteiger partial charge in [0.1, 0.15) is 0 Å². The fourth-order valence-corrected chi connectivity index (χ4v) is 1.37. The smallest absolute Gasteiger partial charge is 0.320 e. The Kier molecular flexibility index (Phi) is 2.53. The topological polar surface area (TPSA) is 69.8 Å². The molecule has 3 N–H and O–H groups in total. The molecule has 0 atom stereocenters. The van der Waals surface area contributed by atoms with Crippen molar-refractivity contribution in [3.05, 3.63) is 24.3 Å². The highest BCUT2D eigenvalue weighted by Crippen LogP contribution is 2.18. The average Bonchev–Trinajstić information content (AvgIpc) is 2.62. The Balaban J connectivity index is 2.25. The summed E-state index contributed by atoms with van der Waals surface area (Å²) in [5.74, 6) is 0.552. The quantitative estimate of drug-likeness (QED) is 0.696. The molecule has 2 amide bonds. The number of amides is 2. The Hall–Kier alpha value is -2.04. The highest BCUT2D eigenvalue weighted by molar-refractivity contribution is 5.98. The van der Waals surface area contributed by atoms with Gasteiger partial charge in [-0.2, -0.15) is 5.10 Å². The van der Waals surface area contributed by atoms with Gasteiger partial charge < -0.3 is 5.32 Å². The molecule has 1 aromatic carbocycles. The third-order valence-electron chi connectivity index (χ3n) is 2.04. The van der Waals surface area contributed by atoms with Gasteiger partial charge in [-0.3, -0.25) is 10.4 Å². The number of anilines is 1. The highest BCUT2D eigenvalue weighted by Gasteiger charge is 2.06. The zero-order valence-electron chi connectivity index (χ0n) is 8.37. The molecule has 0 aliphatic heterocycles. The molecule has 2 rings (SSSR count). The normalized spacial score (nSPS) is 10.2. The van der Waals surface area contributed by atoms with E-state index in [1.54, 1.807) is 0 Å². The first-order valence-corrected chi connectivity index (χ1v) is 4.79. The molecule has 15 heavy (non-hydrogen) atoms. The predicted octanol–water partition coefficient (Wildman–Crippen LogP) is 1.70. The summed E-state index contributed by atoms with van der Waals surface area (Å²) in [6.07, 6.45) is 0. The number of carbonyl (C=O) groups is 1. The molecule has 1 aromatic heterocycles. The molecule has 1 heterocycles. The van der Waals surface area contributed by atoms with E-state index in [1.165, 1.54) is 0 Å². The van der Waals surface area contributed by atoms with E-state index in [4.69, 9.17) is 0 Å². The minimum atomic E-state index is -0.241. The largest absolute Gasteiger partial charge is 0.338 e. The van der Waals surface area contributed by atoms with Gasteiger partial charge in [-0.1, -0.05) is 12.1 Å². The summed E-state index contributed by atoms with van der Waals surface area (Å²) in [6, 6.07) is 7.39. The summed E-state index contributed by atoms with van der Waals surface area (Å²) < 4.78 is 0. The maximum atomic E-state index is 11.3. The Morgan fingerprint density at radius 3 is 3.07 bits per heavy atom. The summed E-state index contributed by atoms with van der Waals surface area (Å²) >= 11 is 0. The number of rotatable bonds is 2. The van der Waals surface area contributed by atoms with Gasteiger partial charge in [0.25, 0.3) is 0 Å². The van der Waals surface area contributed by atoms with Crippen molar-refractivity contribution in [1.82, 2.24) is 15.5 Å². The van der Waals surface area contributed by atoms with Crippen LogP contribution in [0.1, 0.15) is 6.92 Å². The SMILES string of the molecule is CCNC(=O)Nc1n[nH]c2ccccc12. The summed E-state index contributed by atoms with van der Waals surface area (Å²) in [5.41, 5.74) is 0.907. The van der Waals surface area contributed by atoms with Gasteiger partial charge in [-0.15, -0.1) is 0 Å². The number of nitrogens with zero attached hydrogens (tertiary/aromatic N) is 1. The van der Waals surface area contributed by atoms with Crippen molar-refractivity contribution in [1.29, 1.82) is 0 Å². The molecule has 0 saturated carbocycles. The molecule has 0 aliphatic carbocycles. The summed E-state index contributed by atoms with van der Waals surface area (Å²) in [6.45, 7) is 2.45. The lowest BCUT2D eigenvalue weighted by atomic mass is 10.2. The molecule has 0 aliphatic rings. The van der Waals surface area contributed by atoms with Crippen molar-refractivity contribution in [2.75, 3.05) is 11.9 Å². The van der Waals surface area contributed by atoms with Crippen LogP contribution in [0.5, 0.6) is 0 Å². The first-order valence-electron chi connectivity index (χ1n) is 4.79. The second-order valence-electron chi connectivity index (χ2n) is 3.10. The van der Waals surface area contributed by atoms with Crippen molar-refractivity contribution in [2.24, 2.45) is 0 Å². The fourth-order valence-electron chi connectivity index (χ4n) is 1.37. The van der Waals surface area contributed by atoms with E-state index >= 15 is 0 Å². The lowest BCUT2D eigenvalue weighted by molar-refractivity contribution is 0.252. The van der Waals surface area contributed by atoms with E-state index < -0.39 is 0 Å². The van der Waals surface area contributed by atoms with Crippen LogP contribution in [0.3, 0.4) is 0 Å². The molecule has 5 nitrogen and oxygen atoms in total. The van der Waals surface area contributed by atoms with Gasteiger partial charge in [0.05, 0.1) is 5.52 Å². The van der Waals surface area contributed by atoms with Gasteiger partial charge in [-0.05, 0) is 19.1 Å². The van der Waals surface area contributed by atoms with E-state index in [-0.39, 0.29) is 6.03 Å². The standard InChI is InChI=1S/C10H12N4O/c1-2-11-10(15)12-9-7-5-3-4-6-8(7)13-14-9/h3-6H,2H2,1H3,(H3,11,12,13,14,15). The van der Waals surface area contributed by atoms with E-state index in [1.807, 2.05) is 31.2 Å². The van der Waals surface area contributed by atoms with Crippen LogP contribution in [0.4, 0.5) is 10.6 Å². The third kappa shape index (κ3) is 1.90. The molecular formula is C10H12N4O. The van der Waals surface area contributed by atoms with Crippen LogP contribution >= 0.6 is 0 Å². The molecule has 0 unspecified atom stereocenters. The monoisotopic (exact) mass is 204 g/mol. The van der Waals surface area contributed by atoms with Crippen molar-refractivity contribution in [3.8, 4) is 0 Å². The number of fused-ring (bicyclic) bond motifs is 1. The van der Waals surface area contributed by atoms with Crippen LogP contribution in [0.25, 0.3) is 10.9 Å². The van der Waals surface area contributed by atoms with E-state index in [0.717, 1.165) is 10.9 Å². The van der Waals surface area contributed by atoms with Gasteiger partial charge in [0.15, 0.2) is 5.82 Å². The van der Waals surface area contributed by atoms with Gasteiger partial charge in [0, 0.05) is 11.9 Å². The lowest BCUT2D eigenvalue weighted by Gasteiger charge is -2.02. The third-order valence-corrected chi connectivity index (χ3v) is 2.04. The van der Waals surface area contributed by atoms with Crippen LogP contribution in [0, 0.1) is 0 Å². The van der Waals surface area contributed by atoms with E-state index in [9.17, 15) is 4.79 Å². The number of para-hydroxylation sites is 1. The van der Waals surface area contributed by atoms with Crippen molar-refractivity contribution >= 4 is 22.8 Å². The minimum Gasteiger partial charge on any atom is -0.338 e. The molecule has 0 saturated heterocycles. The number of aromatic nitrogens is 2. The molecule has 2 aromatic rings. The number of carbonyl (C=O) groups excluding carboxylic acids is 1. The zero-order chi connectivity index (χ0) is 10.7. The Morgan fingerprint density at radius 1 is 1.47 bits per heavy atom. The summed E-state index contributed by atoms with van der Waals surface area (Å²) in [4.78, 5) is 11.3. The van der Waals surface area contributed by atoms with Crippen molar-refractivity contribution in [3.63, 3.8) is 0 Å². The number of benzene rings is 1. The number of aromatic amines is 1. The van der Waals surface area contributed by atoms with E-state index in [2.05, 4.69) is 20.8 Å². The summed E-state index contributed by atoms with van der Waals surface area (Å²) in [7, 11) is 0. The minimum absolute atomic E-state index is 0.241. The molecule has 78 valence electrons. The average molecular weight is 204 g/mol. The Labute approximate surface area is 86.9 Å². The van der Waals surface area contributed by atoms with Gasteiger partial charge in [0.2, 0.25) is 0 Å². The maximum absolute atomic E-state index is 11.3. The van der Waals surface area contributed by atoms with Crippen LogP contribution in [-0.4, -0.2) is 22.8 Å². The second kappa shape index (κ2) is 4.00. The molecular weight excluding hydrogens is 192 g/mol. The number of hydrogen-bond donors (Lipinski definition) is 3. The lowest BCUT2D eigenvalue weighted by Crippen LogP contribution is -2.28. The van der Waals surface area contributed by atoms with Crippen molar-refractivity contribution < 1.29 is 4.79 Å². The highest BCUT2D eigenvalue weighted by atomic mass is 16.2. The molecule has 0 bridgehead atoms. The zero-order valence-corrected chi connectivity index (χ0v) is 8.37. The van der Waals surface area contributed by atoms with Crippen LogP contribution in [-0.2, 0) is 0 Å². The maximum Gasteiger partial charge on any atom is 0.320 e. The van der Waals surface area contributed by atoms with Crippen LogP contribution in [0.15, 0.2) is 24.3 Å². The Morgan fingerprint density at radius 2 is 2.27 bits per heavy atom. The summed E-state index contributed by atoms with van der Waals surface area (Å²) in [5, 5.41) is 13.1. The van der Waals surface area contributed by atoms with Gasteiger partial charge in [-0.25, -0.2) is 4.79 Å². The fraction of sp³-hybridized carbons (Fsp3) is 0.200. The van der Waals surface area contributed by atoms with Crippen LogP contribution in [0.2, 0.25) is 0 Å². The number of H-pyrrole nitrogens is 1. The molecule has 0 spiro atoms. The van der Waals surface area contributed by atoms with E-state index in [0.29, 0.717) is 12.4 Å². The molecule has 5 heteroatoms. The number of nitrogens with one attached hydrogen (secondary N) is 3. The van der Waals surface area contributed by atoms with Gasteiger partial charge >= 0.3 is 6.03 Å². The number of urea groups is 1. The Bertz CT molecular complexity index is 477. The first kappa shape index (κ1) is 9.51. The van der Waals surface area contributed by atoms with Crippen molar-refractivity contribution in [2.45, 2.75) is 6.92 Å². The number of hydrogen-bond acceptors (Lipinski definition) is 2. The predicted molar refractivity (Wildman–Crippen MR) is 58.8 cm³/mol. The second-order valence-corrected chi connectivity index (χ2v) is 3.10.